The van der Waals surface area contributed by atoms with Crippen molar-refractivity contribution >= 4 is 29.9 Å². The van der Waals surface area contributed by atoms with Gasteiger partial charge in [-0.2, -0.15) is 5.10 Å². The van der Waals surface area contributed by atoms with Gasteiger partial charge in [0.05, 0.1) is 6.54 Å². The van der Waals surface area contributed by atoms with Crippen LogP contribution in [0.4, 0.5) is 0 Å². The molecule has 1 aromatic heterocycles. The highest BCUT2D eigenvalue weighted by molar-refractivity contribution is 14.0. The van der Waals surface area contributed by atoms with Gasteiger partial charge in [0.15, 0.2) is 5.96 Å². The molecule has 0 aromatic carbocycles. The van der Waals surface area contributed by atoms with Crippen molar-refractivity contribution in [3.05, 3.63) is 12.2 Å². The van der Waals surface area contributed by atoms with Crippen molar-refractivity contribution in [2.24, 2.45) is 18.0 Å². The zero-order valence-electron chi connectivity index (χ0n) is 13.7. The third kappa shape index (κ3) is 6.07. The lowest BCUT2D eigenvalue weighted by Gasteiger charge is -2.30. The molecule has 1 saturated heterocycles. The van der Waals surface area contributed by atoms with Crippen LogP contribution in [-0.2, 0) is 13.6 Å². The molecule has 22 heavy (non-hydrogen) atoms. The Labute approximate surface area is 150 Å². The van der Waals surface area contributed by atoms with Gasteiger partial charge in [0.1, 0.15) is 12.2 Å². The summed E-state index contributed by atoms with van der Waals surface area (Å²) in [5.41, 5.74) is 0. The number of likely N-dealkylation sites (tertiary alicyclic amines) is 1. The van der Waals surface area contributed by atoms with Crippen LogP contribution in [0.15, 0.2) is 11.3 Å². The van der Waals surface area contributed by atoms with E-state index in [-0.39, 0.29) is 24.0 Å². The Bertz CT molecular complexity index is 452. The molecule has 7 nitrogen and oxygen atoms in total. The molecular formula is C14H28IN7. The molecule has 1 aliphatic heterocycles. The van der Waals surface area contributed by atoms with Crippen LogP contribution < -0.4 is 10.6 Å². The molecule has 0 unspecified atom stereocenters. The zero-order valence-corrected chi connectivity index (χ0v) is 16.1. The summed E-state index contributed by atoms with van der Waals surface area (Å²) < 4.78 is 1.76. The predicted octanol–water partition coefficient (Wildman–Crippen LogP) is 0.830. The number of hydrogen-bond donors (Lipinski definition) is 2. The van der Waals surface area contributed by atoms with Gasteiger partial charge < -0.3 is 15.5 Å². The van der Waals surface area contributed by atoms with E-state index >= 15 is 0 Å². The van der Waals surface area contributed by atoms with E-state index in [1.807, 2.05) is 7.05 Å². The highest BCUT2D eigenvalue weighted by atomic mass is 127. The molecule has 0 spiro atoms. The average Bonchev–Trinajstić information content (AvgIpc) is 2.90. The topological polar surface area (TPSA) is 70.4 Å². The average molecular weight is 421 g/mol. The maximum absolute atomic E-state index is 4.23. The Morgan fingerprint density at radius 1 is 1.36 bits per heavy atom. The van der Waals surface area contributed by atoms with Crippen molar-refractivity contribution in [2.45, 2.75) is 26.3 Å². The third-order valence-corrected chi connectivity index (χ3v) is 4.04. The Kier molecular flexibility index (Phi) is 8.69. The lowest BCUT2D eigenvalue weighted by molar-refractivity contribution is 0.195. The minimum atomic E-state index is 0. The maximum atomic E-state index is 4.23. The van der Waals surface area contributed by atoms with Crippen molar-refractivity contribution in [3.63, 3.8) is 0 Å². The number of hydrogen-bond acceptors (Lipinski definition) is 4. The first-order valence-corrected chi connectivity index (χ1v) is 7.68. The molecule has 2 rings (SSSR count). The highest BCUT2D eigenvalue weighted by Gasteiger charge is 2.14. The van der Waals surface area contributed by atoms with Crippen LogP contribution in [0, 0.1) is 5.92 Å². The predicted molar refractivity (Wildman–Crippen MR) is 99.5 cm³/mol. The molecule has 1 aliphatic rings. The number of aliphatic imine (C=N–C) groups is 1. The summed E-state index contributed by atoms with van der Waals surface area (Å²) in [7, 11) is 3.67. The van der Waals surface area contributed by atoms with Crippen LogP contribution in [0.2, 0.25) is 0 Å². The second kappa shape index (κ2) is 9.98. The largest absolute Gasteiger partial charge is 0.355 e. The summed E-state index contributed by atoms with van der Waals surface area (Å²) in [6.45, 7) is 7.37. The Hall–Kier alpha value is -0.900. The fourth-order valence-corrected chi connectivity index (χ4v) is 2.48. The van der Waals surface area contributed by atoms with E-state index in [2.05, 4.69) is 37.5 Å². The standard InChI is InChI=1S/C14H27N7.HI/c1-12-4-7-21(8-5-12)9-6-16-14(15-2)17-10-13-18-11-19-20(13)3;/h11-12H,4-10H2,1-3H3,(H2,15,16,17);1H. The Balaban J connectivity index is 0.00000242. The number of nitrogens with one attached hydrogen (secondary N) is 2. The number of nitrogens with zero attached hydrogens (tertiary/aromatic N) is 5. The Morgan fingerprint density at radius 3 is 2.68 bits per heavy atom. The number of rotatable bonds is 5. The second-order valence-electron chi connectivity index (χ2n) is 5.68. The minimum Gasteiger partial charge on any atom is -0.355 e. The summed E-state index contributed by atoms with van der Waals surface area (Å²) in [4.78, 5) is 10.9. The molecule has 1 fully saturated rings. The van der Waals surface area contributed by atoms with E-state index in [0.717, 1.165) is 30.8 Å². The van der Waals surface area contributed by atoms with Crippen LogP contribution in [0.5, 0.6) is 0 Å². The molecule has 0 radical (unpaired) electrons. The first-order valence-electron chi connectivity index (χ1n) is 7.68. The summed E-state index contributed by atoms with van der Waals surface area (Å²) >= 11 is 0. The van der Waals surface area contributed by atoms with Gasteiger partial charge in [-0.15, -0.1) is 24.0 Å². The van der Waals surface area contributed by atoms with Gasteiger partial charge in [-0.1, -0.05) is 6.92 Å². The minimum absolute atomic E-state index is 0. The molecule has 1 aromatic rings. The monoisotopic (exact) mass is 421 g/mol. The molecule has 8 heteroatoms. The lowest BCUT2D eigenvalue weighted by Crippen LogP contribution is -2.43. The van der Waals surface area contributed by atoms with Crippen LogP contribution >= 0.6 is 24.0 Å². The molecule has 0 bridgehead atoms. The summed E-state index contributed by atoms with van der Waals surface area (Å²) in [6, 6.07) is 0. The first kappa shape index (κ1) is 19.1. The number of aryl methyl sites for hydroxylation is 1. The Morgan fingerprint density at radius 2 is 2.09 bits per heavy atom. The molecule has 2 heterocycles. The van der Waals surface area contributed by atoms with Crippen LogP contribution in [0.25, 0.3) is 0 Å². The second-order valence-corrected chi connectivity index (χ2v) is 5.68. The molecule has 126 valence electrons. The van der Waals surface area contributed by atoms with Crippen molar-refractivity contribution in [3.8, 4) is 0 Å². The molecule has 2 N–H and O–H groups in total. The van der Waals surface area contributed by atoms with E-state index in [4.69, 9.17) is 0 Å². The summed E-state index contributed by atoms with van der Waals surface area (Å²) in [6.07, 6.45) is 4.20. The SMILES string of the molecule is CN=C(NCCN1CCC(C)CC1)NCc1ncnn1C.I. The summed E-state index contributed by atoms with van der Waals surface area (Å²) in [5, 5.41) is 10.7. The zero-order chi connectivity index (χ0) is 15.1. The highest BCUT2D eigenvalue weighted by Crippen LogP contribution is 2.14. The van der Waals surface area contributed by atoms with Gasteiger partial charge in [0.25, 0.3) is 0 Å². The number of guanidine groups is 1. The van der Waals surface area contributed by atoms with Gasteiger partial charge in [0, 0.05) is 27.2 Å². The van der Waals surface area contributed by atoms with Crippen molar-refractivity contribution < 1.29 is 0 Å². The third-order valence-electron chi connectivity index (χ3n) is 4.04. The molecule has 0 atom stereocenters. The van der Waals surface area contributed by atoms with Crippen molar-refractivity contribution in [1.82, 2.24) is 30.3 Å². The molecule has 0 amide bonds. The van der Waals surface area contributed by atoms with E-state index in [1.165, 1.54) is 25.9 Å². The van der Waals surface area contributed by atoms with Gasteiger partial charge in [-0.05, 0) is 31.8 Å². The van der Waals surface area contributed by atoms with Gasteiger partial charge in [-0.3, -0.25) is 9.67 Å². The normalized spacial score (nSPS) is 17.1. The van der Waals surface area contributed by atoms with Gasteiger partial charge in [0.2, 0.25) is 0 Å². The molecular weight excluding hydrogens is 393 g/mol. The molecule has 0 saturated carbocycles. The van der Waals surface area contributed by atoms with Crippen LogP contribution in [-0.4, -0.2) is 58.9 Å². The fourth-order valence-electron chi connectivity index (χ4n) is 2.48. The van der Waals surface area contributed by atoms with Gasteiger partial charge in [-0.25, -0.2) is 4.98 Å². The van der Waals surface area contributed by atoms with Crippen LogP contribution in [0.1, 0.15) is 25.6 Å². The first-order chi connectivity index (χ1) is 10.2. The summed E-state index contributed by atoms with van der Waals surface area (Å²) in [5.74, 6) is 2.58. The van der Waals surface area contributed by atoms with E-state index in [9.17, 15) is 0 Å². The lowest BCUT2D eigenvalue weighted by atomic mass is 9.99. The quantitative estimate of drug-likeness (QED) is 0.419. The fraction of sp³-hybridized carbons (Fsp3) is 0.786. The van der Waals surface area contributed by atoms with Gasteiger partial charge >= 0.3 is 0 Å². The number of aromatic nitrogens is 3. The van der Waals surface area contributed by atoms with E-state index in [0.29, 0.717) is 6.54 Å². The van der Waals surface area contributed by atoms with E-state index < -0.39 is 0 Å². The maximum Gasteiger partial charge on any atom is 0.191 e. The van der Waals surface area contributed by atoms with Crippen molar-refractivity contribution in [1.29, 1.82) is 0 Å². The number of piperidine rings is 1. The number of halogens is 1. The van der Waals surface area contributed by atoms with Crippen LogP contribution in [0.3, 0.4) is 0 Å². The van der Waals surface area contributed by atoms with E-state index in [1.54, 1.807) is 18.1 Å². The van der Waals surface area contributed by atoms with Crippen molar-refractivity contribution in [2.75, 3.05) is 33.2 Å². The molecule has 0 aliphatic carbocycles. The smallest absolute Gasteiger partial charge is 0.191 e.